The summed E-state index contributed by atoms with van der Waals surface area (Å²) in [6.45, 7) is 4.60. The van der Waals surface area contributed by atoms with Crippen LogP contribution >= 0.6 is 0 Å². The van der Waals surface area contributed by atoms with Crippen molar-refractivity contribution in [2.75, 3.05) is 19.0 Å². The summed E-state index contributed by atoms with van der Waals surface area (Å²) in [5.74, 6) is -0.324. The van der Waals surface area contributed by atoms with Gasteiger partial charge in [0.1, 0.15) is 11.6 Å². The van der Waals surface area contributed by atoms with E-state index in [1.807, 2.05) is 30.3 Å². The van der Waals surface area contributed by atoms with Crippen molar-refractivity contribution in [2.24, 2.45) is 0 Å². The van der Waals surface area contributed by atoms with Gasteiger partial charge in [-0.25, -0.2) is 17.8 Å². The van der Waals surface area contributed by atoms with Gasteiger partial charge >= 0.3 is 0 Å². The summed E-state index contributed by atoms with van der Waals surface area (Å²) in [6.07, 6.45) is 1.70. The van der Waals surface area contributed by atoms with Crippen LogP contribution in [-0.4, -0.2) is 47.9 Å². The third-order valence-corrected chi connectivity index (χ3v) is 8.04. The van der Waals surface area contributed by atoms with Crippen LogP contribution in [0.15, 0.2) is 83.9 Å². The minimum Gasteiger partial charge on any atom is -0.497 e. The first-order chi connectivity index (χ1) is 18.1. The Morgan fingerprint density at radius 2 is 1.76 bits per heavy atom. The van der Waals surface area contributed by atoms with Crippen LogP contribution in [0, 0.1) is 12.7 Å². The molecule has 0 saturated heterocycles. The lowest BCUT2D eigenvalue weighted by Gasteiger charge is -2.25. The summed E-state index contributed by atoms with van der Waals surface area (Å²) in [7, 11) is -2.49. The quantitative estimate of drug-likeness (QED) is 0.324. The highest BCUT2D eigenvalue weighted by atomic mass is 32.2. The van der Waals surface area contributed by atoms with E-state index >= 15 is 0 Å². The number of aryl methyl sites for hydroxylation is 1. The number of ether oxygens (including phenoxy) is 1. The minimum absolute atomic E-state index is 0.0443. The van der Waals surface area contributed by atoms with Crippen LogP contribution in [-0.2, 0) is 14.8 Å². The van der Waals surface area contributed by atoms with E-state index in [9.17, 15) is 17.6 Å². The van der Waals surface area contributed by atoms with Gasteiger partial charge in [-0.3, -0.25) is 14.7 Å². The number of nitrogens with zero attached hydrogens (tertiary/aromatic N) is 3. The predicted octanol–water partition coefficient (Wildman–Crippen LogP) is 5.03. The highest BCUT2D eigenvalue weighted by Gasteiger charge is 2.29. The molecule has 4 aromatic rings. The number of hydrogen-bond acceptors (Lipinski definition) is 5. The second-order valence-corrected chi connectivity index (χ2v) is 10.9. The Balaban J connectivity index is 1.65. The van der Waals surface area contributed by atoms with Gasteiger partial charge in [-0.15, -0.1) is 0 Å². The molecule has 1 aromatic heterocycles. The second-order valence-electron chi connectivity index (χ2n) is 8.99. The normalized spacial score (nSPS) is 11.7. The number of benzene rings is 3. The molecule has 1 heterocycles. The number of rotatable bonds is 9. The summed E-state index contributed by atoms with van der Waals surface area (Å²) >= 11 is 0. The van der Waals surface area contributed by atoms with Gasteiger partial charge in [0.05, 0.1) is 29.9 Å². The van der Waals surface area contributed by atoms with E-state index in [4.69, 9.17) is 4.74 Å². The van der Waals surface area contributed by atoms with Crippen LogP contribution in [0.5, 0.6) is 5.75 Å². The van der Waals surface area contributed by atoms with E-state index in [0.717, 1.165) is 9.87 Å². The molecule has 10 heteroatoms. The molecule has 0 aliphatic carbocycles. The Morgan fingerprint density at radius 3 is 2.37 bits per heavy atom. The van der Waals surface area contributed by atoms with Gasteiger partial charge in [0, 0.05) is 17.8 Å². The third-order valence-electron chi connectivity index (χ3n) is 6.00. The van der Waals surface area contributed by atoms with E-state index in [-0.39, 0.29) is 10.8 Å². The molecule has 1 amide bonds. The fourth-order valence-corrected chi connectivity index (χ4v) is 5.47. The molecule has 0 radical (unpaired) electrons. The van der Waals surface area contributed by atoms with Crippen molar-refractivity contribution in [2.45, 2.75) is 31.7 Å². The zero-order chi connectivity index (χ0) is 27.4. The number of sulfonamides is 1. The van der Waals surface area contributed by atoms with Crippen LogP contribution in [0.1, 0.15) is 19.4 Å². The number of carbonyl (C=O) groups is 1. The number of methoxy groups -OCH3 is 1. The molecule has 0 spiro atoms. The molecule has 0 bridgehead atoms. The molecule has 38 heavy (non-hydrogen) atoms. The van der Waals surface area contributed by atoms with Crippen molar-refractivity contribution in [1.29, 1.82) is 0 Å². The van der Waals surface area contributed by atoms with Crippen molar-refractivity contribution in [3.63, 3.8) is 0 Å². The van der Waals surface area contributed by atoms with Crippen LogP contribution in [0.4, 0.5) is 10.3 Å². The summed E-state index contributed by atoms with van der Waals surface area (Å²) in [6, 6.07) is 19.5. The van der Waals surface area contributed by atoms with Gasteiger partial charge < -0.3 is 4.74 Å². The summed E-state index contributed by atoms with van der Waals surface area (Å²) < 4.78 is 48.9. The number of aromatic nitrogens is 2. The lowest BCUT2D eigenvalue weighted by molar-refractivity contribution is -0.116. The van der Waals surface area contributed by atoms with Gasteiger partial charge in [-0.1, -0.05) is 36.4 Å². The van der Waals surface area contributed by atoms with Gasteiger partial charge in [0.15, 0.2) is 0 Å². The second kappa shape index (κ2) is 11.2. The van der Waals surface area contributed by atoms with Gasteiger partial charge in [0.2, 0.25) is 21.9 Å². The first-order valence-electron chi connectivity index (χ1n) is 12.0. The van der Waals surface area contributed by atoms with Crippen LogP contribution in [0.2, 0.25) is 0 Å². The molecule has 4 rings (SSSR count). The Morgan fingerprint density at radius 1 is 1.08 bits per heavy atom. The maximum Gasteiger partial charge on any atom is 0.243 e. The number of anilines is 1. The average Bonchev–Trinajstić information content (AvgIpc) is 3.32. The molecule has 1 N–H and O–H groups in total. The Labute approximate surface area is 221 Å². The van der Waals surface area contributed by atoms with E-state index in [2.05, 4.69) is 10.3 Å². The van der Waals surface area contributed by atoms with Crippen molar-refractivity contribution < 1.29 is 22.3 Å². The van der Waals surface area contributed by atoms with Gasteiger partial charge in [0.25, 0.3) is 0 Å². The van der Waals surface area contributed by atoms with Gasteiger partial charge in [-0.05, 0) is 62.7 Å². The first kappa shape index (κ1) is 27.0. The Hall–Kier alpha value is -4.02. The molecule has 3 aromatic carbocycles. The van der Waals surface area contributed by atoms with E-state index in [1.54, 1.807) is 55.8 Å². The fourth-order valence-electron chi connectivity index (χ4n) is 3.88. The molecule has 0 saturated carbocycles. The summed E-state index contributed by atoms with van der Waals surface area (Å²) in [5, 5.41) is 2.72. The molecule has 0 atom stereocenters. The SMILES string of the molecule is COc1ccc(S(=O)(=O)N(CC(=O)Nc2nc(-c3ccccc3)cn2-c2ccc(C)c(F)c2)C(C)C)cc1. The number of halogens is 1. The molecule has 0 aliphatic heterocycles. The Kier molecular flexibility index (Phi) is 7.94. The average molecular weight is 537 g/mol. The zero-order valence-electron chi connectivity index (χ0n) is 21.6. The molecule has 0 aliphatic rings. The number of imidazole rings is 1. The predicted molar refractivity (Wildman–Crippen MR) is 144 cm³/mol. The van der Waals surface area contributed by atoms with Crippen molar-refractivity contribution in [3.05, 3.63) is 90.4 Å². The monoisotopic (exact) mass is 536 g/mol. The minimum atomic E-state index is -3.98. The van der Waals surface area contributed by atoms with Crippen molar-refractivity contribution in [3.8, 4) is 22.7 Å². The fraction of sp³-hybridized carbons (Fsp3) is 0.214. The maximum absolute atomic E-state index is 14.4. The molecule has 0 unspecified atom stereocenters. The van der Waals surface area contributed by atoms with Crippen LogP contribution in [0.25, 0.3) is 16.9 Å². The summed E-state index contributed by atoms with van der Waals surface area (Å²) in [4.78, 5) is 17.8. The summed E-state index contributed by atoms with van der Waals surface area (Å²) in [5.41, 5.74) is 2.32. The van der Waals surface area contributed by atoms with E-state index in [0.29, 0.717) is 22.7 Å². The molecule has 8 nitrogen and oxygen atoms in total. The highest BCUT2D eigenvalue weighted by molar-refractivity contribution is 7.89. The third kappa shape index (κ3) is 5.76. The smallest absolute Gasteiger partial charge is 0.243 e. The number of hydrogen-bond donors (Lipinski definition) is 1. The standard InChI is InChI=1S/C28H29FN4O4S/c1-19(2)33(38(35,36)24-14-12-23(37-4)13-15-24)18-27(34)31-28-30-26(21-8-6-5-7-9-21)17-32(28)22-11-10-20(3)25(29)16-22/h5-17,19H,18H2,1-4H3,(H,30,31,34). The lowest BCUT2D eigenvalue weighted by Crippen LogP contribution is -2.42. The first-order valence-corrected chi connectivity index (χ1v) is 13.4. The van der Waals surface area contributed by atoms with Crippen molar-refractivity contribution in [1.82, 2.24) is 13.9 Å². The topological polar surface area (TPSA) is 93.5 Å². The van der Waals surface area contributed by atoms with Crippen molar-refractivity contribution >= 4 is 21.9 Å². The van der Waals surface area contributed by atoms with Crippen LogP contribution < -0.4 is 10.1 Å². The molecular weight excluding hydrogens is 507 g/mol. The largest absolute Gasteiger partial charge is 0.497 e. The van der Waals surface area contributed by atoms with E-state index in [1.165, 1.54) is 25.3 Å². The number of nitrogens with one attached hydrogen (secondary N) is 1. The highest BCUT2D eigenvalue weighted by Crippen LogP contribution is 2.26. The number of carbonyl (C=O) groups excluding carboxylic acids is 1. The van der Waals surface area contributed by atoms with E-state index < -0.39 is 34.3 Å². The zero-order valence-corrected chi connectivity index (χ0v) is 22.4. The maximum atomic E-state index is 14.4. The van der Waals surface area contributed by atoms with Crippen LogP contribution in [0.3, 0.4) is 0 Å². The molecular formula is C28H29FN4O4S. The molecule has 0 fully saturated rings. The Bertz CT molecular complexity index is 1540. The number of amides is 1. The lowest BCUT2D eigenvalue weighted by atomic mass is 10.2. The van der Waals surface area contributed by atoms with Gasteiger partial charge in [-0.2, -0.15) is 4.31 Å². The molecule has 198 valence electrons.